The van der Waals surface area contributed by atoms with E-state index in [-0.39, 0.29) is 0 Å². The summed E-state index contributed by atoms with van der Waals surface area (Å²) in [5.74, 6) is 1.02. The van der Waals surface area contributed by atoms with Crippen molar-refractivity contribution >= 4 is 10.9 Å². The lowest BCUT2D eigenvalue weighted by Crippen LogP contribution is -2.52. The van der Waals surface area contributed by atoms with E-state index in [1.54, 1.807) is 43.3 Å². The number of nitrogens with zero attached hydrogens (tertiary/aromatic N) is 1. The number of aryl methyl sites for hydroxylation is 1. The second-order valence-electron chi connectivity index (χ2n) is 9.15. The molecular weight excluding hydrogens is 431 g/mol. The van der Waals surface area contributed by atoms with E-state index < -0.39 is 30.0 Å². The van der Waals surface area contributed by atoms with Crippen molar-refractivity contribution in [1.29, 1.82) is 0 Å². The van der Waals surface area contributed by atoms with Crippen molar-refractivity contribution < 1.29 is 27.8 Å². The van der Waals surface area contributed by atoms with Gasteiger partial charge in [0, 0.05) is 18.0 Å². The van der Waals surface area contributed by atoms with Gasteiger partial charge in [-0.2, -0.15) is 13.2 Å². The molecule has 176 valence electrons. The number of methoxy groups -OCH3 is 2. The van der Waals surface area contributed by atoms with Gasteiger partial charge in [-0.05, 0) is 72.1 Å². The van der Waals surface area contributed by atoms with Gasteiger partial charge in [-0.1, -0.05) is 25.1 Å². The van der Waals surface area contributed by atoms with E-state index >= 15 is 0 Å². The number of hydrogen-bond acceptors (Lipinski definition) is 4. The summed E-state index contributed by atoms with van der Waals surface area (Å²) in [5, 5.41) is 11.8. The zero-order chi connectivity index (χ0) is 23.9. The molecule has 1 heterocycles. The van der Waals surface area contributed by atoms with Crippen LogP contribution in [-0.4, -0.2) is 36.1 Å². The fourth-order valence-electron chi connectivity index (χ4n) is 5.21. The van der Waals surface area contributed by atoms with Crippen LogP contribution in [0.1, 0.15) is 42.9 Å². The minimum Gasteiger partial charge on any atom is -0.493 e. The number of pyridine rings is 1. The Labute approximate surface area is 191 Å². The molecule has 1 N–H and O–H groups in total. The Morgan fingerprint density at radius 3 is 2.45 bits per heavy atom. The molecule has 4 rings (SSSR count). The van der Waals surface area contributed by atoms with Crippen LogP contribution >= 0.6 is 0 Å². The minimum atomic E-state index is -4.81. The second kappa shape index (κ2) is 8.52. The van der Waals surface area contributed by atoms with Crippen LogP contribution < -0.4 is 9.47 Å². The lowest BCUT2D eigenvalue weighted by atomic mass is 9.65. The van der Waals surface area contributed by atoms with E-state index in [1.807, 2.05) is 6.07 Å². The van der Waals surface area contributed by atoms with Gasteiger partial charge < -0.3 is 14.6 Å². The predicted molar refractivity (Wildman–Crippen MR) is 121 cm³/mol. The Hall–Kier alpha value is -2.80. The van der Waals surface area contributed by atoms with Gasteiger partial charge in [0.25, 0.3) is 0 Å². The van der Waals surface area contributed by atoms with Crippen LogP contribution in [0, 0.1) is 0 Å². The first kappa shape index (κ1) is 23.4. The van der Waals surface area contributed by atoms with E-state index in [1.165, 1.54) is 20.4 Å². The molecule has 7 heteroatoms. The smallest absolute Gasteiger partial charge is 0.417 e. The summed E-state index contributed by atoms with van der Waals surface area (Å²) in [6.45, 7) is 1.80. The average molecular weight is 460 g/mol. The first-order valence-electron chi connectivity index (χ1n) is 11.0. The number of aromatic nitrogens is 1. The van der Waals surface area contributed by atoms with Crippen LogP contribution in [0.3, 0.4) is 0 Å². The SMILES string of the molecule is COc1cc2c(cc1OC)C(C)(CC(O)(Cc1ccnc3ccccc13)C(F)(F)F)CCC2. The minimum absolute atomic E-state index is 0.423. The maximum atomic E-state index is 14.4. The van der Waals surface area contributed by atoms with Gasteiger partial charge in [0.15, 0.2) is 17.1 Å². The van der Waals surface area contributed by atoms with Crippen molar-refractivity contribution in [3.05, 3.63) is 65.4 Å². The number of alkyl halides is 3. The molecule has 4 nitrogen and oxygen atoms in total. The monoisotopic (exact) mass is 459 g/mol. The molecule has 2 atom stereocenters. The highest BCUT2D eigenvalue weighted by Crippen LogP contribution is 2.50. The lowest BCUT2D eigenvalue weighted by molar-refractivity contribution is -0.267. The number of para-hydroxylation sites is 1. The highest BCUT2D eigenvalue weighted by Gasteiger charge is 2.57. The summed E-state index contributed by atoms with van der Waals surface area (Å²) < 4.78 is 54.1. The van der Waals surface area contributed by atoms with Gasteiger partial charge in [0.2, 0.25) is 0 Å². The number of ether oxygens (including phenoxy) is 2. The van der Waals surface area contributed by atoms with Gasteiger partial charge in [-0.25, -0.2) is 0 Å². The zero-order valence-corrected chi connectivity index (χ0v) is 19.0. The van der Waals surface area contributed by atoms with Crippen LogP contribution in [-0.2, 0) is 18.3 Å². The van der Waals surface area contributed by atoms with E-state index in [2.05, 4.69) is 4.98 Å². The number of hydrogen-bond donors (Lipinski definition) is 1. The average Bonchev–Trinajstić information content (AvgIpc) is 2.78. The molecule has 0 saturated heterocycles. The van der Waals surface area contributed by atoms with Gasteiger partial charge in [-0.15, -0.1) is 0 Å². The molecule has 3 aromatic rings. The third-order valence-electron chi connectivity index (χ3n) is 6.87. The second-order valence-corrected chi connectivity index (χ2v) is 9.15. The summed E-state index contributed by atoms with van der Waals surface area (Å²) in [6.07, 6.45) is -2.32. The first-order valence-corrected chi connectivity index (χ1v) is 11.0. The van der Waals surface area contributed by atoms with Gasteiger partial charge in [0.05, 0.1) is 19.7 Å². The number of rotatable bonds is 6. The Kier molecular flexibility index (Phi) is 6.03. The van der Waals surface area contributed by atoms with Crippen molar-refractivity contribution in [2.24, 2.45) is 0 Å². The Morgan fingerprint density at radius 2 is 1.76 bits per heavy atom. The molecule has 0 amide bonds. The number of benzene rings is 2. The number of fused-ring (bicyclic) bond motifs is 2. The van der Waals surface area contributed by atoms with E-state index in [4.69, 9.17) is 9.47 Å². The Morgan fingerprint density at radius 1 is 1.06 bits per heavy atom. The molecule has 1 aliphatic carbocycles. The first-order chi connectivity index (χ1) is 15.6. The van der Waals surface area contributed by atoms with Crippen molar-refractivity contribution in [2.75, 3.05) is 14.2 Å². The fourth-order valence-corrected chi connectivity index (χ4v) is 5.21. The lowest BCUT2D eigenvalue weighted by Gasteiger charge is -2.43. The van der Waals surface area contributed by atoms with Crippen LogP contribution in [0.5, 0.6) is 11.5 Å². The largest absolute Gasteiger partial charge is 0.493 e. The molecule has 33 heavy (non-hydrogen) atoms. The fraction of sp³-hybridized carbons (Fsp3) is 0.423. The Balaban J connectivity index is 1.77. The molecule has 2 unspecified atom stereocenters. The molecule has 1 aliphatic rings. The third kappa shape index (κ3) is 4.26. The predicted octanol–water partition coefficient (Wildman–Crippen LogP) is 5.77. The summed E-state index contributed by atoms with van der Waals surface area (Å²) in [6, 6.07) is 12.2. The summed E-state index contributed by atoms with van der Waals surface area (Å²) in [5.41, 5.74) is -1.07. The van der Waals surface area contributed by atoms with Crippen LogP contribution in [0.2, 0.25) is 0 Å². The molecule has 0 saturated carbocycles. The molecule has 2 aromatic carbocycles. The molecule has 0 aliphatic heterocycles. The molecule has 1 aromatic heterocycles. The van der Waals surface area contributed by atoms with Crippen molar-refractivity contribution in [2.45, 2.75) is 56.2 Å². The third-order valence-corrected chi connectivity index (χ3v) is 6.87. The quantitative estimate of drug-likeness (QED) is 0.508. The van der Waals surface area contributed by atoms with Crippen molar-refractivity contribution in [3.63, 3.8) is 0 Å². The highest BCUT2D eigenvalue weighted by molar-refractivity contribution is 5.82. The molecule has 0 fully saturated rings. The Bertz CT molecular complexity index is 1160. The van der Waals surface area contributed by atoms with Crippen molar-refractivity contribution in [1.82, 2.24) is 4.98 Å². The highest BCUT2D eigenvalue weighted by atomic mass is 19.4. The molecule has 0 radical (unpaired) electrons. The number of aliphatic hydroxyl groups is 1. The molecule has 0 spiro atoms. The normalized spacial score (nSPS) is 20.2. The maximum absolute atomic E-state index is 14.4. The van der Waals surface area contributed by atoms with E-state index in [9.17, 15) is 18.3 Å². The van der Waals surface area contributed by atoms with Gasteiger partial charge in [0.1, 0.15) is 0 Å². The topological polar surface area (TPSA) is 51.6 Å². The van der Waals surface area contributed by atoms with Gasteiger partial charge in [-0.3, -0.25) is 4.98 Å². The summed E-state index contributed by atoms with van der Waals surface area (Å²) in [7, 11) is 3.04. The molecule has 0 bridgehead atoms. The maximum Gasteiger partial charge on any atom is 0.417 e. The molecular formula is C26H28F3NO3. The number of halogens is 3. The van der Waals surface area contributed by atoms with E-state index in [0.29, 0.717) is 34.4 Å². The van der Waals surface area contributed by atoms with Gasteiger partial charge >= 0.3 is 6.18 Å². The van der Waals surface area contributed by atoms with Crippen LogP contribution in [0.25, 0.3) is 10.9 Å². The van der Waals surface area contributed by atoms with E-state index in [0.717, 1.165) is 24.0 Å². The van der Waals surface area contributed by atoms with Crippen molar-refractivity contribution in [3.8, 4) is 11.5 Å². The standard InChI is InChI=1S/C26H28F3NO3/c1-24(11-6-7-17-13-22(32-2)23(33-3)14-20(17)24)16-25(31,26(27,28)29)15-18-10-12-30-21-9-5-4-8-19(18)21/h4-5,8-10,12-14,31H,6-7,11,15-16H2,1-3H3. The summed E-state index contributed by atoms with van der Waals surface area (Å²) in [4.78, 5) is 4.24. The van der Waals surface area contributed by atoms with Crippen LogP contribution in [0.4, 0.5) is 13.2 Å². The zero-order valence-electron chi connectivity index (χ0n) is 19.0. The summed E-state index contributed by atoms with van der Waals surface area (Å²) >= 11 is 0. The van der Waals surface area contributed by atoms with Crippen LogP contribution in [0.15, 0.2) is 48.7 Å².